The van der Waals surface area contributed by atoms with Crippen molar-refractivity contribution in [3.05, 3.63) is 0 Å². The molecule has 0 aliphatic heterocycles. The topological polar surface area (TPSA) is 43.2 Å². The van der Waals surface area contributed by atoms with Crippen LogP contribution in [0.1, 0.15) is 0 Å². The maximum Gasteiger partial charge on any atom is 0.180 e. The maximum absolute atomic E-state index is 4.18. The van der Waals surface area contributed by atoms with Gasteiger partial charge in [0.15, 0.2) is 6.01 Å². The molecule has 0 rings (SSSR count). The van der Waals surface area contributed by atoms with E-state index in [-0.39, 0.29) is 12.4 Å². The Balaban J connectivity index is 0. The normalized spacial score (nSPS) is 5.25. The Morgan fingerprint density at radius 2 is 1.50 bits per heavy atom. The van der Waals surface area contributed by atoms with E-state index in [1.54, 1.807) is 0 Å². The molecule has 0 fully saturated rings. The fourth-order valence-electron chi connectivity index (χ4n) is 0.0983. The third-order valence-electron chi connectivity index (χ3n) is 0.264. The van der Waals surface area contributed by atoms with Gasteiger partial charge < -0.3 is 9.68 Å². The molecule has 0 saturated carbocycles. The fraction of sp³-hybridized carbons (Fsp3) is 0.667. The van der Waals surface area contributed by atoms with Crippen LogP contribution < -0.4 is 0 Å². The van der Waals surface area contributed by atoms with Crippen LogP contribution in [0.15, 0.2) is 10.3 Å². The van der Waals surface area contributed by atoms with Gasteiger partial charge in [0.05, 0.1) is 0 Å². The minimum Gasteiger partial charge on any atom is -0.391 e. The lowest BCUT2D eigenvalue weighted by atomic mass is 11.5. The van der Waals surface area contributed by atoms with Gasteiger partial charge in [0, 0.05) is 0 Å². The summed E-state index contributed by atoms with van der Waals surface area (Å²) in [5, 5.41) is 6.24. The van der Waals surface area contributed by atoms with Gasteiger partial charge in [0.2, 0.25) is 0 Å². The lowest BCUT2D eigenvalue weighted by Crippen LogP contribution is -1.65. The van der Waals surface area contributed by atoms with Crippen LogP contribution in [-0.4, -0.2) is 20.2 Å². The van der Waals surface area contributed by atoms with Crippen LogP contribution >= 0.6 is 12.4 Å². The van der Waals surface area contributed by atoms with Crippen LogP contribution in [-0.2, 0) is 9.68 Å². The molecule has 0 unspecified atom stereocenters. The Morgan fingerprint density at radius 1 is 1.12 bits per heavy atom. The zero-order valence-corrected chi connectivity index (χ0v) is 5.44. The van der Waals surface area contributed by atoms with E-state index in [0.29, 0.717) is 0 Å². The Labute approximate surface area is 53.5 Å². The van der Waals surface area contributed by atoms with Gasteiger partial charge in [-0.3, -0.25) is 0 Å². The van der Waals surface area contributed by atoms with Gasteiger partial charge in [-0.1, -0.05) is 0 Å². The van der Waals surface area contributed by atoms with Crippen LogP contribution in [0.3, 0.4) is 0 Å². The van der Waals surface area contributed by atoms with Crippen molar-refractivity contribution in [1.29, 1.82) is 0 Å². The zero-order chi connectivity index (χ0) is 5.54. The highest BCUT2D eigenvalue weighted by molar-refractivity contribution is 5.85. The third kappa shape index (κ3) is 8.99. The van der Waals surface area contributed by atoms with E-state index in [1.807, 2.05) is 0 Å². The first-order valence-electron chi connectivity index (χ1n) is 1.63. The summed E-state index contributed by atoms with van der Waals surface area (Å²) in [6.45, 7) is 0. The van der Waals surface area contributed by atoms with Crippen molar-refractivity contribution < 1.29 is 9.68 Å². The first-order valence-corrected chi connectivity index (χ1v) is 1.63. The second-order valence-electron chi connectivity index (χ2n) is 0.648. The molecule has 0 aromatic heterocycles. The molecule has 0 N–H and O–H groups in total. The minimum atomic E-state index is 0. The molecule has 5 heteroatoms. The predicted molar refractivity (Wildman–Crippen MR) is 31.1 cm³/mol. The summed E-state index contributed by atoms with van der Waals surface area (Å²) < 4.78 is 0. The van der Waals surface area contributed by atoms with Gasteiger partial charge in [-0.25, -0.2) is 0 Å². The standard InChI is InChI=1S/C3H6N2O2.ClH/c1-6-4-3-5-7-2;/h1-2H3;1H. The molecule has 0 aromatic rings. The lowest BCUT2D eigenvalue weighted by Gasteiger charge is -1.75. The Kier molecular flexibility index (Phi) is 12.3. The molecule has 0 aromatic carbocycles. The van der Waals surface area contributed by atoms with Crippen LogP contribution in [0.5, 0.6) is 0 Å². The molecule has 4 nitrogen and oxygen atoms in total. The summed E-state index contributed by atoms with van der Waals surface area (Å²) in [6.07, 6.45) is 0. The van der Waals surface area contributed by atoms with Crippen molar-refractivity contribution in [1.82, 2.24) is 0 Å². The van der Waals surface area contributed by atoms with Gasteiger partial charge in [0.25, 0.3) is 0 Å². The first kappa shape index (κ1) is 10.3. The van der Waals surface area contributed by atoms with Crippen molar-refractivity contribution in [2.24, 2.45) is 10.3 Å². The Morgan fingerprint density at radius 3 is 1.75 bits per heavy atom. The average Bonchev–Trinajstić information content (AvgIpc) is 1.69. The molecule has 0 heterocycles. The predicted octanol–water partition coefficient (Wildman–Crippen LogP) is 0.705. The molecule has 0 aliphatic carbocycles. The Bertz CT molecular complexity index is 81.3. The summed E-state index contributed by atoms with van der Waals surface area (Å²) in [7, 11) is 2.80. The largest absolute Gasteiger partial charge is 0.391 e. The second kappa shape index (κ2) is 9.55. The highest BCUT2D eigenvalue weighted by Gasteiger charge is 1.54. The Hall–Kier alpha value is -0.730. The van der Waals surface area contributed by atoms with Crippen LogP contribution in [0, 0.1) is 0 Å². The molecule has 0 saturated heterocycles. The molecule has 0 aliphatic rings. The van der Waals surface area contributed by atoms with Crippen LogP contribution in [0.4, 0.5) is 0 Å². The average molecular weight is 139 g/mol. The van der Waals surface area contributed by atoms with Gasteiger partial charge >= 0.3 is 0 Å². The van der Waals surface area contributed by atoms with Crippen molar-refractivity contribution in [2.75, 3.05) is 14.2 Å². The number of halogens is 1. The highest BCUT2D eigenvalue weighted by atomic mass is 35.5. The number of hydrogen-bond donors (Lipinski definition) is 0. The van der Waals surface area contributed by atoms with E-state index in [9.17, 15) is 0 Å². The molecule has 0 radical (unpaired) electrons. The van der Waals surface area contributed by atoms with Gasteiger partial charge in [-0.05, 0) is 10.3 Å². The summed E-state index contributed by atoms with van der Waals surface area (Å²) in [4.78, 5) is 8.37. The number of rotatable bonds is 2. The smallest absolute Gasteiger partial charge is 0.180 e. The summed E-state index contributed by atoms with van der Waals surface area (Å²) in [5.74, 6) is 0. The molecule has 0 bridgehead atoms. The monoisotopic (exact) mass is 138 g/mol. The lowest BCUT2D eigenvalue weighted by molar-refractivity contribution is 0.199. The van der Waals surface area contributed by atoms with Crippen molar-refractivity contribution in [3.63, 3.8) is 0 Å². The van der Waals surface area contributed by atoms with E-state index in [0.717, 1.165) is 0 Å². The van der Waals surface area contributed by atoms with Crippen molar-refractivity contribution in [2.45, 2.75) is 0 Å². The SMILES string of the molecule is CON=C=NOC.Cl. The fourth-order valence-corrected chi connectivity index (χ4v) is 0.0983. The van der Waals surface area contributed by atoms with E-state index in [4.69, 9.17) is 0 Å². The molecular formula is C3H7ClN2O2. The van der Waals surface area contributed by atoms with Gasteiger partial charge in [-0.2, -0.15) is 0 Å². The van der Waals surface area contributed by atoms with Gasteiger partial charge in [-0.15, -0.1) is 12.4 Å². The van der Waals surface area contributed by atoms with Crippen LogP contribution in [0.2, 0.25) is 0 Å². The molecule has 0 atom stereocenters. The van der Waals surface area contributed by atoms with E-state index < -0.39 is 0 Å². The molecule has 0 amide bonds. The molecule has 48 valence electrons. The van der Waals surface area contributed by atoms with Crippen LogP contribution in [0.25, 0.3) is 0 Å². The summed E-state index contributed by atoms with van der Waals surface area (Å²) in [6, 6.07) is 2.09. The van der Waals surface area contributed by atoms with Crippen molar-refractivity contribution >= 4 is 18.4 Å². The summed E-state index contributed by atoms with van der Waals surface area (Å²) >= 11 is 0. The zero-order valence-electron chi connectivity index (χ0n) is 4.62. The first-order chi connectivity index (χ1) is 3.41. The third-order valence-corrected chi connectivity index (χ3v) is 0.264. The highest BCUT2D eigenvalue weighted by Crippen LogP contribution is 1.61. The quantitative estimate of drug-likeness (QED) is 0.417. The number of nitrogens with zero attached hydrogens (tertiary/aromatic N) is 2. The molecule has 0 spiro atoms. The van der Waals surface area contributed by atoms with Gasteiger partial charge in [0.1, 0.15) is 14.2 Å². The molecular weight excluding hydrogens is 131 g/mol. The minimum absolute atomic E-state index is 0. The second-order valence-corrected chi connectivity index (χ2v) is 0.648. The van der Waals surface area contributed by atoms with E-state index >= 15 is 0 Å². The summed E-state index contributed by atoms with van der Waals surface area (Å²) in [5.41, 5.74) is 0. The van der Waals surface area contributed by atoms with E-state index in [2.05, 4.69) is 26.0 Å². The van der Waals surface area contributed by atoms with E-state index in [1.165, 1.54) is 14.2 Å². The van der Waals surface area contributed by atoms with Crippen molar-refractivity contribution in [3.8, 4) is 0 Å². The molecule has 8 heavy (non-hydrogen) atoms. The number of hydrogen-bond acceptors (Lipinski definition) is 4. The maximum atomic E-state index is 4.18.